The SMILES string of the molecule is CC(N)C1CCCCN1C1CC(=O)NC1=O. The summed E-state index contributed by atoms with van der Waals surface area (Å²) in [7, 11) is 0. The molecule has 2 fully saturated rings. The van der Waals surface area contributed by atoms with E-state index in [1.165, 1.54) is 0 Å². The number of carbonyl (C=O) groups excluding carboxylic acids is 2. The van der Waals surface area contributed by atoms with Crippen LogP contribution in [0.1, 0.15) is 32.6 Å². The topological polar surface area (TPSA) is 75.4 Å². The third-order valence-corrected chi connectivity index (χ3v) is 3.54. The zero-order valence-corrected chi connectivity index (χ0v) is 9.61. The first-order valence-corrected chi connectivity index (χ1v) is 5.94. The zero-order valence-electron chi connectivity index (χ0n) is 9.61. The van der Waals surface area contributed by atoms with Crippen molar-refractivity contribution in [1.82, 2.24) is 10.2 Å². The highest BCUT2D eigenvalue weighted by molar-refractivity contribution is 6.05. The van der Waals surface area contributed by atoms with Crippen LogP contribution in [0.3, 0.4) is 0 Å². The van der Waals surface area contributed by atoms with Crippen molar-refractivity contribution in [1.29, 1.82) is 0 Å². The summed E-state index contributed by atoms with van der Waals surface area (Å²) in [4.78, 5) is 25.0. The Balaban J connectivity index is 2.11. The lowest BCUT2D eigenvalue weighted by molar-refractivity contribution is -0.127. The Morgan fingerprint density at radius 1 is 1.44 bits per heavy atom. The molecule has 0 aliphatic carbocycles. The molecule has 0 saturated carbocycles. The van der Waals surface area contributed by atoms with E-state index in [2.05, 4.69) is 10.2 Å². The molecule has 3 N–H and O–H groups in total. The van der Waals surface area contributed by atoms with Crippen molar-refractivity contribution in [3.05, 3.63) is 0 Å². The molecule has 90 valence electrons. The van der Waals surface area contributed by atoms with Crippen LogP contribution in [0, 0.1) is 0 Å². The minimum atomic E-state index is -0.288. The van der Waals surface area contributed by atoms with Gasteiger partial charge in [0.15, 0.2) is 0 Å². The van der Waals surface area contributed by atoms with Gasteiger partial charge >= 0.3 is 0 Å². The summed E-state index contributed by atoms with van der Waals surface area (Å²) in [5.74, 6) is -0.318. The van der Waals surface area contributed by atoms with Gasteiger partial charge in [0.2, 0.25) is 11.8 Å². The minimum absolute atomic E-state index is 0.0452. The fraction of sp³-hybridized carbons (Fsp3) is 0.818. The standard InChI is InChI=1S/C11H19N3O2/c1-7(12)8-4-2-3-5-14(8)9-6-10(15)13-11(9)16/h7-9H,2-6,12H2,1H3,(H,13,15,16). The van der Waals surface area contributed by atoms with Crippen LogP contribution in [0.25, 0.3) is 0 Å². The van der Waals surface area contributed by atoms with E-state index in [4.69, 9.17) is 5.73 Å². The molecule has 2 heterocycles. The summed E-state index contributed by atoms with van der Waals surface area (Å²) in [6.45, 7) is 2.84. The second kappa shape index (κ2) is 4.51. The summed E-state index contributed by atoms with van der Waals surface area (Å²) >= 11 is 0. The lowest BCUT2D eigenvalue weighted by Gasteiger charge is -2.40. The van der Waals surface area contributed by atoms with Gasteiger partial charge in [0, 0.05) is 12.1 Å². The van der Waals surface area contributed by atoms with Crippen LogP contribution in [0.5, 0.6) is 0 Å². The number of nitrogens with one attached hydrogen (secondary N) is 1. The van der Waals surface area contributed by atoms with Gasteiger partial charge in [0.25, 0.3) is 0 Å². The van der Waals surface area contributed by atoms with Gasteiger partial charge in [0.05, 0.1) is 12.5 Å². The summed E-state index contributed by atoms with van der Waals surface area (Å²) in [6.07, 6.45) is 3.56. The van der Waals surface area contributed by atoms with Crippen molar-refractivity contribution in [2.75, 3.05) is 6.54 Å². The molecule has 2 amide bonds. The first-order valence-electron chi connectivity index (χ1n) is 5.94. The Kier molecular flexibility index (Phi) is 3.25. The maximum Gasteiger partial charge on any atom is 0.244 e. The third-order valence-electron chi connectivity index (χ3n) is 3.54. The Bertz CT molecular complexity index is 304. The minimum Gasteiger partial charge on any atom is -0.327 e. The number of piperidine rings is 1. The van der Waals surface area contributed by atoms with E-state index in [9.17, 15) is 9.59 Å². The van der Waals surface area contributed by atoms with Gasteiger partial charge < -0.3 is 5.73 Å². The number of hydrogen-bond donors (Lipinski definition) is 2. The highest BCUT2D eigenvalue weighted by Gasteiger charge is 2.40. The molecule has 0 bridgehead atoms. The molecule has 3 unspecified atom stereocenters. The first-order chi connectivity index (χ1) is 7.59. The number of amides is 2. The number of nitrogens with two attached hydrogens (primary N) is 1. The first kappa shape index (κ1) is 11.5. The predicted molar refractivity (Wildman–Crippen MR) is 59.5 cm³/mol. The number of rotatable bonds is 2. The maximum atomic E-state index is 11.6. The Labute approximate surface area is 95.3 Å². The van der Waals surface area contributed by atoms with Crippen LogP contribution >= 0.6 is 0 Å². The van der Waals surface area contributed by atoms with E-state index >= 15 is 0 Å². The summed E-state index contributed by atoms with van der Waals surface area (Å²) in [6, 6.07) is -0.0111. The van der Waals surface area contributed by atoms with Crippen molar-refractivity contribution in [3.8, 4) is 0 Å². The van der Waals surface area contributed by atoms with Gasteiger partial charge in [-0.15, -0.1) is 0 Å². The molecule has 5 nitrogen and oxygen atoms in total. The Hall–Kier alpha value is -0.940. The van der Waals surface area contributed by atoms with Gasteiger partial charge in [0.1, 0.15) is 0 Å². The molecule has 5 heteroatoms. The Morgan fingerprint density at radius 3 is 2.75 bits per heavy atom. The molecule has 0 aromatic heterocycles. The van der Waals surface area contributed by atoms with Crippen LogP contribution < -0.4 is 11.1 Å². The third kappa shape index (κ3) is 2.10. The average molecular weight is 225 g/mol. The highest BCUT2D eigenvalue weighted by Crippen LogP contribution is 2.24. The molecule has 0 aromatic carbocycles. The molecule has 2 rings (SSSR count). The van der Waals surface area contributed by atoms with Crippen LogP contribution in [0.2, 0.25) is 0 Å². The molecule has 0 radical (unpaired) electrons. The average Bonchev–Trinajstić information content (AvgIpc) is 2.57. The second-order valence-electron chi connectivity index (χ2n) is 4.79. The zero-order chi connectivity index (χ0) is 11.7. The fourth-order valence-electron chi connectivity index (χ4n) is 2.74. The molecule has 3 atom stereocenters. The molecule has 2 aliphatic rings. The molecule has 2 aliphatic heterocycles. The van der Waals surface area contributed by atoms with E-state index in [-0.39, 0.29) is 29.9 Å². The fourth-order valence-corrected chi connectivity index (χ4v) is 2.74. The van der Waals surface area contributed by atoms with Crippen molar-refractivity contribution < 1.29 is 9.59 Å². The summed E-state index contributed by atoms with van der Waals surface area (Å²) in [5.41, 5.74) is 5.95. The van der Waals surface area contributed by atoms with Gasteiger partial charge in [-0.2, -0.15) is 0 Å². The van der Waals surface area contributed by atoms with Crippen molar-refractivity contribution in [3.63, 3.8) is 0 Å². The monoisotopic (exact) mass is 225 g/mol. The molecule has 0 spiro atoms. The quantitative estimate of drug-likeness (QED) is 0.627. The Morgan fingerprint density at radius 2 is 2.19 bits per heavy atom. The lowest BCUT2D eigenvalue weighted by atomic mass is 9.94. The largest absolute Gasteiger partial charge is 0.327 e. The van der Waals surface area contributed by atoms with Crippen LogP contribution in [-0.2, 0) is 9.59 Å². The van der Waals surface area contributed by atoms with Gasteiger partial charge in [-0.1, -0.05) is 6.42 Å². The number of likely N-dealkylation sites (tertiary alicyclic amines) is 1. The molecule has 16 heavy (non-hydrogen) atoms. The van der Waals surface area contributed by atoms with E-state index in [0.717, 1.165) is 25.8 Å². The van der Waals surface area contributed by atoms with Crippen LogP contribution in [-0.4, -0.2) is 41.4 Å². The highest BCUT2D eigenvalue weighted by atomic mass is 16.2. The van der Waals surface area contributed by atoms with E-state index in [0.29, 0.717) is 6.42 Å². The smallest absolute Gasteiger partial charge is 0.244 e. The number of hydrogen-bond acceptors (Lipinski definition) is 4. The summed E-state index contributed by atoms with van der Waals surface area (Å²) in [5, 5.41) is 2.36. The van der Waals surface area contributed by atoms with Crippen LogP contribution in [0.15, 0.2) is 0 Å². The van der Waals surface area contributed by atoms with Crippen LogP contribution in [0.4, 0.5) is 0 Å². The normalized spacial score (nSPS) is 33.9. The van der Waals surface area contributed by atoms with Gasteiger partial charge in [-0.05, 0) is 26.3 Å². The molecular weight excluding hydrogens is 206 g/mol. The van der Waals surface area contributed by atoms with E-state index in [1.807, 2.05) is 6.92 Å². The molecule has 2 saturated heterocycles. The predicted octanol–water partition coefficient (Wildman–Crippen LogP) is -0.397. The lowest BCUT2D eigenvalue weighted by Crippen LogP contribution is -2.55. The van der Waals surface area contributed by atoms with Crippen molar-refractivity contribution >= 4 is 11.8 Å². The van der Waals surface area contributed by atoms with E-state index < -0.39 is 0 Å². The molecule has 0 aromatic rings. The number of carbonyl (C=O) groups is 2. The van der Waals surface area contributed by atoms with Gasteiger partial charge in [-0.25, -0.2) is 0 Å². The van der Waals surface area contributed by atoms with E-state index in [1.54, 1.807) is 0 Å². The van der Waals surface area contributed by atoms with Gasteiger partial charge in [-0.3, -0.25) is 19.8 Å². The number of imide groups is 1. The van der Waals surface area contributed by atoms with Crippen molar-refractivity contribution in [2.45, 2.75) is 50.7 Å². The second-order valence-corrected chi connectivity index (χ2v) is 4.79. The molecular formula is C11H19N3O2. The number of nitrogens with zero attached hydrogens (tertiary/aromatic N) is 1. The summed E-state index contributed by atoms with van der Waals surface area (Å²) < 4.78 is 0. The maximum absolute atomic E-state index is 11.6. The van der Waals surface area contributed by atoms with Crippen molar-refractivity contribution in [2.24, 2.45) is 5.73 Å².